The number of aromatic carboxylic acids is 1. The van der Waals surface area contributed by atoms with Crippen molar-refractivity contribution in [2.45, 2.75) is 6.92 Å². The van der Waals surface area contributed by atoms with E-state index in [2.05, 4.69) is 15.0 Å². The second-order valence-corrected chi connectivity index (χ2v) is 7.82. The van der Waals surface area contributed by atoms with Crippen molar-refractivity contribution in [1.29, 1.82) is 0 Å². The van der Waals surface area contributed by atoms with E-state index in [0.29, 0.717) is 37.8 Å². The average molecular weight is 449 g/mol. The van der Waals surface area contributed by atoms with Gasteiger partial charge in [-0.3, -0.25) is 14.5 Å². The zero-order valence-corrected chi connectivity index (χ0v) is 17.7. The molecule has 0 aliphatic rings. The maximum Gasteiger partial charge on any atom is 0.337 e. The van der Waals surface area contributed by atoms with Crippen molar-refractivity contribution in [2.75, 3.05) is 0 Å². The van der Waals surface area contributed by atoms with Crippen LogP contribution in [0.15, 0.2) is 61.1 Å². The summed E-state index contributed by atoms with van der Waals surface area (Å²) in [6.45, 7) is 1.82. The minimum Gasteiger partial charge on any atom is -0.478 e. The van der Waals surface area contributed by atoms with E-state index >= 15 is 0 Å². The van der Waals surface area contributed by atoms with E-state index in [9.17, 15) is 9.90 Å². The number of halogens is 2. The summed E-state index contributed by atoms with van der Waals surface area (Å²) in [7, 11) is 0. The number of hydrogen-bond acceptors (Lipinski definition) is 4. The number of nitrogens with zero attached hydrogens (tertiary/aromatic N) is 4. The summed E-state index contributed by atoms with van der Waals surface area (Å²) in [4.78, 5) is 25.1. The molecule has 6 nitrogen and oxygen atoms in total. The van der Waals surface area contributed by atoms with Gasteiger partial charge in [0.1, 0.15) is 11.3 Å². The first-order valence-electron chi connectivity index (χ1n) is 9.35. The molecule has 152 valence electrons. The summed E-state index contributed by atoms with van der Waals surface area (Å²) in [5.41, 5.74) is 4.05. The fourth-order valence-electron chi connectivity index (χ4n) is 3.83. The highest BCUT2D eigenvalue weighted by atomic mass is 35.5. The van der Waals surface area contributed by atoms with Crippen molar-refractivity contribution in [3.05, 3.63) is 82.5 Å². The number of aromatic nitrogens is 4. The fourth-order valence-corrected chi connectivity index (χ4v) is 4.29. The van der Waals surface area contributed by atoms with Crippen LogP contribution >= 0.6 is 23.2 Å². The molecule has 3 heterocycles. The third kappa shape index (κ3) is 3.12. The van der Waals surface area contributed by atoms with Crippen molar-refractivity contribution < 1.29 is 9.90 Å². The van der Waals surface area contributed by atoms with Crippen molar-refractivity contribution >= 4 is 51.1 Å². The Morgan fingerprint density at radius 3 is 2.42 bits per heavy atom. The fraction of sp³-hybridized carbons (Fsp3) is 0.0435. The van der Waals surface area contributed by atoms with Crippen molar-refractivity contribution in [2.24, 2.45) is 0 Å². The lowest BCUT2D eigenvalue weighted by Gasteiger charge is -2.13. The van der Waals surface area contributed by atoms with Gasteiger partial charge in [-0.2, -0.15) is 0 Å². The average Bonchev–Trinajstić information content (AvgIpc) is 3.11. The Morgan fingerprint density at radius 1 is 0.935 bits per heavy atom. The second kappa shape index (κ2) is 7.34. The van der Waals surface area contributed by atoms with E-state index in [1.807, 2.05) is 35.8 Å². The SMILES string of the molecule is Cc1nc2c(C(=O)O)cc(-c3ccncc3)cc2n1-c1ccnc2c(Cl)ccc(Cl)c12. The molecule has 0 saturated heterocycles. The third-order valence-electron chi connectivity index (χ3n) is 5.18. The first kappa shape index (κ1) is 19.5. The number of hydrogen-bond donors (Lipinski definition) is 1. The Balaban J connectivity index is 1.91. The highest BCUT2D eigenvalue weighted by molar-refractivity contribution is 6.40. The number of carboxylic acid groups (broad SMARTS) is 1. The molecule has 0 saturated carbocycles. The van der Waals surface area contributed by atoms with Crippen molar-refractivity contribution in [3.63, 3.8) is 0 Å². The largest absolute Gasteiger partial charge is 0.478 e. The topological polar surface area (TPSA) is 80.9 Å². The van der Waals surface area contributed by atoms with Gasteiger partial charge in [-0.15, -0.1) is 0 Å². The van der Waals surface area contributed by atoms with Crippen LogP contribution in [0.2, 0.25) is 10.0 Å². The number of benzene rings is 2. The minimum absolute atomic E-state index is 0.119. The lowest BCUT2D eigenvalue weighted by atomic mass is 10.0. The van der Waals surface area contributed by atoms with Gasteiger partial charge in [0.25, 0.3) is 0 Å². The highest BCUT2D eigenvalue weighted by Crippen LogP contribution is 2.36. The monoisotopic (exact) mass is 448 g/mol. The van der Waals surface area contributed by atoms with Crippen LogP contribution in [0.25, 0.3) is 38.8 Å². The zero-order valence-electron chi connectivity index (χ0n) is 16.2. The molecule has 2 aromatic carbocycles. The van der Waals surface area contributed by atoms with Crippen LogP contribution in [0.4, 0.5) is 0 Å². The van der Waals surface area contributed by atoms with E-state index in [1.54, 1.807) is 36.8 Å². The van der Waals surface area contributed by atoms with Crippen LogP contribution in [-0.2, 0) is 0 Å². The maximum atomic E-state index is 12.1. The molecule has 0 aliphatic heterocycles. The molecule has 0 aliphatic carbocycles. The smallest absolute Gasteiger partial charge is 0.337 e. The van der Waals surface area contributed by atoms with Crippen LogP contribution in [0.5, 0.6) is 0 Å². The van der Waals surface area contributed by atoms with Crippen LogP contribution in [0, 0.1) is 6.92 Å². The summed E-state index contributed by atoms with van der Waals surface area (Å²) < 4.78 is 1.89. The lowest BCUT2D eigenvalue weighted by Crippen LogP contribution is -2.01. The number of rotatable bonds is 3. The third-order valence-corrected chi connectivity index (χ3v) is 5.80. The Hall–Kier alpha value is -3.48. The number of fused-ring (bicyclic) bond motifs is 2. The van der Waals surface area contributed by atoms with Gasteiger partial charge in [-0.05, 0) is 60.5 Å². The minimum atomic E-state index is -1.05. The Bertz CT molecular complexity index is 1500. The van der Waals surface area contributed by atoms with Crippen molar-refractivity contribution in [3.8, 4) is 16.8 Å². The van der Waals surface area contributed by atoms with Gasteiger partial charge < -0.3 is 5.11 Å². The van der Waals surface area contributed by atoms with E-state index in [4.69, 9.17) is 23.2 Å². The Morgan fingerprint density at radius 2 is 1.68 bits per heavy atom. The molecule has 0 amide bonds. The van der Waals surface area contributed by atoms with Crippen LogP contribution in [0.3, 0.4) is 0 Å². The quantitative estimate of drug-likeness (QED) is 0.368. The number of carboxylic acids is 1. The first-order valence-corrected chi connectivity index (χ1v) is 10.1. The van der Waals surface area contributed by atoms with Crippen molar-refractivity contribution in [1.82, 2.24) is 19.5 Å². The summed E-state index contributed by atoms with van der Waals surface area (Å²) in [5, 5.41) is 11.5. The zero-order chi connectivity index (χ0) is 21.7. The summed E-state index contributed by atoms with van der Waals surface area (Å²) >= 11 is 12.9. The van der Waals surface area contributed by atoms with Gasteiger partial charge in [0, 0.05) is 24.0 Å². The summed E-state index contributed by atoms with van der Waals surface area (Å²) in [5.74, 6) is -0.431. The number of pyridine rings is 2. The molecule has 0 bridgehead atoms. The molecule has 5 rings (SSSR count). The molecule has 0 radical (unpaired) electrons. The first-order chi connectivity index (χ1) is 15.0. The summed E-state index contributed by atoms with van der Waals surface area (Å²) in [6.07, 6.45) is 4.98. The molecule has 0 unspecified atom stereocenters. The molecular formula is C23H14Cl2N4O2. The van der Waals surface area contributed by atoms with Gasteiger partial charge in [0.2, 0.25) is 0 Å². The van der Waals surface area contributed by atoms with E-state index in [-0.39, 0.29) is 5.56 Å². The Kier molecular flexibility index (Phi) is 4.61. The Labute approximate surface area is 186 Å². The van der Waals surface area contributed by atoms with Gasteiger partial charge >= 0.3 is 5.97 Å². The standard InChI is InChI=1S/C23H14Cl2N4O2/c1-12-28-21-15(23(30)31)10-14(13-4-7-26-8-5-13)11-19(21)29(12)18-6-9-27-22-17(25)3-2-16(24)20(18)22/h2-11H,1H3,(H,30,31). The normalized spacial score (nSPS) is 11.3. The maximum absolute atomic E-state index is 12.1. The molecule has 0 atom stereocenters. The van der Waals surface area contributed by atoms with Crippen LogP contribution in [0.1, 0.15) is 16.2 Å². The van der Waals surface area contributed by atoms with Gasteiger partial charge in [-0.1, -0.05) is 23.2 Å². The lowest BCUT2D eigenvalue weighted by molar-refractivity contribution is 0.0699. The molecule has 0 spiro atoms. The number of imidazole rings is 1. The molecular weight excluding hydrogens is 435 g/mol. The van der Waals surface area contributed by atoms with Crippen LogP contribution in [-0.4, -0.2) is 30.6 Å². The van der Waals surface area contributed by atoms with Gasteiger partial charge in [0.05, 0.1) is 32.3 Å². The molecule has 0 fully saturated rings. The van der Waals surface area contributed by atoms with Gasteiger partial charge in [0.15, 0.2) is 0 Å². The predicted octanol–water partition coefficient (Wildman–Crippen LogP) is 5.95. The molecule has 8 heteroatoms. The molecule has 1 N–H and O–H groups in total. The van der Waals surface area contributed by atoms with E-state index < -0.39 is 5.97 Å². The number of carbonyl (C=O) groups is 1. The molecule has 5 aromatic rings. The molecule has 31 heavy (non-hydrogen) atoms. The highest BCUT2D eigenvalue weighted by Gasteiger charge is 2.21. The van der Waals surface area contributed by atoms with Crippen LogP contribution < -0.4 is 0 Å². The summed E-state index contributed by atoms with van der Waals surface area (Å²) in [6, 6.07) is 12.5. The molecule has 3 aromatic heterocycles. The van der Waals surface area contributed by atoms with Gasteiger partial charge in [-0.25, -0.2) is 9.78 Å². The second-order valence-electron chi connectivity index (χ2n) is 7.01. The van der Waals surface area contributed by atoms with E-state index in [1.165, 1.54) is 0 Å². The van der Waals surface area contributed by atoms with E-state index in [0.717, 1.165) is 16.8 Å². The predicted molar refractivity (Wildman–Crippen MR) is 121 cm³/mol. The number of aryl methyl sites for hydroxylation is 1.